The van der Waals surface area contributed by atoms with Crippen molar-refractivity contribution in [1.82, 2.24) is 0 Å². The number of aliphatic hydroxyl groups excluding tert-OH is 1. The maximum Gasteiger partial charge on any atom is 0.0496 e. The van der Waals surface area contributed by atoms with E-state index in [2.05, 4.69) is 0 Å². The molecule has 1 heteroatoms. The Morgan fingerprint density at radius 1 is 0.750 bits per heavy atom. The molecule has 0 aromatic carbocycles. The summed E-state index contributed by atoms with van der Waals surface area (Å²) >= 11 is 0. The van der Waals surface area contributed by atoms with Crippen molar-refractivity contribution in [1.29, 1.82) is 0 Å². The predicted molar refractivity (Wildman–Crippen MR) is 40.9 cm³/mol. The molecule has 1 N–H and O–H groups in total. The van der Waals surface area contributed by atoms with Crippen molar-refractivity contribution in [3.8, 4) is 0 Å². The molecule has 6 rings (SSSR count). The van der Waals surface area contributed by atoms with E-state index in [4.69, 9.17) is 0 Å². The second kappa shape index (κ2) is 0.943. The molecule has 0 bridgehead atoms. The van der Waals surface area contributed by atoms with Crippen molar-refractivity contribution in [2.24, 2.45) is 58.7 Å². The molecule has 12 heavy (non-hydrogen) atoms. The molecule has 1 nitrogen and oxygen atoms in total. The largest absolute Gasteiger partial charge is 0.396 e. The van der Waals surface area contributed by atoms with E-state index >= 15 is 0 Å². The Labute approximate surface area is 71.1 Å². The Balaban J connectivity index is 1.80. The minimum atomic E-state index is 0.542. The van der Waals surface area contributed by atoms with E-state index in [1.165, 1.54) is 0 Å². The van der Waals surface area contributed by atoms with Gasteiger partial charge >= 0.3 is 0 Å². The Kier molecular flexibility index (Phi) is 0.392. The highest BCUT2D eigenvalue weighted by atomic mass is 16.3. The molecule has 0 saturated heterocycles. The molecule has 0 unspecified atom stereocenters. The van der Waals surface area contributed by atoms with Gasteiger partial charge in [0.2, 0.25) is 0 Å². The first-order valence-electron chi connectivity index (χ1n) is 5.54. The molecule has 6 aliphatic carbocycles. The van der Waals surface area contributed by atoms with Crippen LogP contribution in [0.25, 0.3) is 0 Å². The Hall–Kier alpha value is -0.0400. The maximum absolute atomic E-state index is 9.65. The molecule has 62 valence electrons. The lowest BCUT2D eigenvalue weighted by Crippen LogP contribution is -2.28. The second-order valence-corrected chi connectivity index (χ2v) is 6.31. The summed E-state index contributed by atoms with van der Waals surface area (Å²) in [5.41, 5.74) is 0.542. The van der Waals surface area contributed by atoms with Crippen molar-refractivity contribution >= 4 is 0 Å². The van der Waals surface area contributed by atoms with E-state index in [1.807, 2.05) is 0 Å². The van der Waals surface area contributed by atoms with E-state index < -0.39 is 0 Å². The predicted octanol–water partition coefficient (Wildman–Crippen LogP) is 0.593. The van der Waals surface area contributed by atoms with Gasteiger partial charge in [-0.15, -0.1) is 0 Å². The summed E-state index contributed by atoms with van der Waals surface area (Å²) < 4.78 is 0. The van der Waals surface area contributed by atoms with Gasteiger partial charge in [0.05, 0.1) is 0 Å². The molecule has 0 aromatic rings. The molecule has 0 spiro atoms. The first-order chi connectivity index (χ1) is 5.93. The highest BCUT2D eigenvalue weighted by molar-refractivity contribution is 5.49. The van der Waals surface area contributed by atoms with Crippen LogP contribution in [-0.4, -0.2) is 11.7 Å². The summed E-state index contributed by atoms with van der Waals surface area (Å²) in [6.07, 6.45) is 0. The fourth-order valence-corrected chi connectivity index (χ4v) is 7.19. The zero-order valence-corrected chi connectivity index (χ0v) is 6.85. The Bertz CT molecular complexity index is 263. The molecule has 0 radical (unpaired) electrons. The number of aliphatic hydroxyl groups is 1. The normalized spacial score (nSPS) is 98.2. The lowest BCUT2D eigenvalue weighted by molar-refractivity contribution is 0.0855. The summed E-state index contributed by atoms with van der Waals surface area (Å²) in [5, 5.41) is 9.65. The van der Waals surface area contributed by atoms with E-state index in [0.29, 0.717) is 12.0 Å². The van der Waals surface area contributed by atoms with Crippen LogP contribution in [0.3, 0.4) is 0 Å². The molecule has 6 saturated carbocycles. The minimum Gasteiger partial charge on any atom is -0.396 e. The number of hydrogen-bond acceptors (Lipinski definition) is 1. The third-order valence-corrected chi connectivity index (χ3v) is 6.87. The molecule has 0 aliphatic heterocycles. The van der Waals surface area contributed by atoms with Crippen LogP contribution < -0.4 is 0 Å². The molecule has 0 heterocycles. The zero-order valence-electron chi connectivity index (χ0n) is 6.85. The molecule has 0 amide bonds. The van der Waals surface area contributed by atoms with E-state index in [1.54, 1.807) is 0 Å². The minimum absolute atomic E-state index is 0.542. The van der Waals surface area contributed by atoms with Gasteiger partial charge in [0.1, 0.15) is 0 Å². The van der Waals surface area contributed by atoms with E-state index in [0.717, 1.165) is 53.3 Å². The molecular formula is C11H12O. The molecule has 6 aliphatic rings. The van der Waals surface area contributed by atoms with Crippen LogP contribution in [0.1, 0.15) is 0 Å². The van der Waals surface area contributed by atoms with Gasteiger partial charge in [-0.25, -0.2) is 0 Å². The van der Waals surface area contributed by atoms with Crippen molar-refractivity contribution < 1.29 is 5.11 Å². The van der Waals surface area contributed by atoms with Crippen molar-refractivity contribution in [2.45, 2.75) is 0 Å². The van der Waals surface area contributed by atoms with Gasteiger partial charge in [-0.05, 0) is 53.3 Å². The Morgan fingerprint density at radius 2 is 1.08 bits per heavy atom. The van der Waals surface area contributed by atoms with Gasteiger partial charge in [-0.1, -0.05) is 0 Å². The molecular weight excluding hydrogens is 148 g/mol. The number of fused-ring (bicyclic) bond motifs is 6. The lowest BCUT2D eigenvalue weighted by atomic mass is 9.80. The van der Waals surface area contributed by atoms with E-state index in [-0.39, 0.29) is 0 Å². The number of hydrogen-bond donors (Lipinski definition) is 1. The summed E-state index contributed by atoms with van der Waals surface area (Å²) in [5.74, 6) is 10.0. The summed E-state index contributed by atoms with van der Waals surface area (Å²) in [6.45, 7) is 0.556. The highest BCUT2D eigenvalue weighted by Gasteiger charge is 3.02. The van der Waals surface area contributed by atoms with Crippen LogP contribution >= 0.6 is 0 Å². The maximum atomic E-state index is 9.65. The quantitative estimate of drug-likeness (QED) is 0.595. The summed E-state index contributed by atoms with van der Waals surface area (Å²) in [6, 6.07) is 0. The SMILES string of the molecule is OCC12C3C4C3C3C(C5C4C51)C32. The van der Waals surface area contributed by atoms with Gasteiger partial charge in [0.15, 0.2) is 0 Å². The van der Waals surface area contributed by atoms with Gasteiger partial charge in [-0.3, -0.25) is 0 Å². The van der Waals surface area contributed by atoms with Gasteiger partial charge in [0, 0.05) is 12.0 Å². The van der Waals surface area contributed by atoms with Gasteiger partial charge in [0.25, 0.3) is 0 Å². The van der Waals surface area contributed by atoms with Crippen molar-refractivity contribution in [3.05, 3.63) is 0 Å². The fraction of sp³-hybridized carbons (Fsp3) is 1.00. The van der Waals surface area contributed by atoms with Crippen LogP contribution in [-0.2, 0) is 0 Å². The monoisotopic (exact) mass is 160 g/mol. The number of rotatable bonds is 1. The summed E-state index contributed by atoms with van der Waals surface area (Å²) in [7, 11) is 0. The molecule has 0 atom stereocenters. The average Bonchev–Trinajstić information content (AvgIpc) is 2.86. The van der Waals surface area contributed by atoms with E-state index in [9.17, 15) is 5.11 Å². The molecule has 6 fully saturated rings. The standard InChI is InChI=1S/C11H12O/c12-1-11-8-2-3(8)5-7(10(5)11)6-4(2)9(6)11/h2-10,12H,1H2. The van der Waals surface area contributed by atoms with Crippen LogP contribution in [0.2, 0.25) is 0 Å². The topological polar surface area (TPSA) is 20.2 Å². The third kappa shape index (κ3) is 0.202. The smallest absolute Gasteiger partial charge is 0.0496 e. The Morgan fingerprint density at radius 3 is 1.33 bits per heavy atom. The van der Waals surface area contributed by atoms with Crippen LogP contribution in [0.4, 0.5) is 0 Å². The first kappa shape index (κ1) is 4.99. The van der Waals surface area contributed by atoms with Gasteiger partial charge < -0.3 is 5.11 Å². The lowest BCUT2D eigenvalue weighted by Gasteiger charge is -2.26. The fourth-order valence-electron chi connectivity index (χ4n) is 7.19. The van der Waals surface area contributed by atoms with Crippen LogP contribution in [0.15, 0.2) is 0 Å². The van der Waals surface area contributed by atoms with Crippen molar-refractivity contribution in [3.63, 3.8) is 0 Å². The van der Waals surface area contributed by atoms with Gasteiger partial charge in [-0.2, -0.15) is 0 Å². The first-order valence-corrected chi connectivity index (χ1v) is 5.54. The van der Waals surface area contributed by atoms with Crippen molar-refractivity contribution in [2.75, 3.05) is 6.61 Å². The highest BCUT2D eigenvalue weighted by Crippen LogP contribution is 3.05. The van der Waals surface area contributed by atoms with Crippen LogP contribution in [0, 0.1) is 58.7 Å². The summed E-state index contributed by atoms with van der Waals surface area (Å²) in [4.78, 5) is 0. The molecule has 0 aromatic heterocycles. The van der Waals surface area contributed by atoms with Crippen LogP contribution in [0.5, 0.6) is 0 Å². The average molecular weight is 160 g/mol. The second-order valence-electron chi connectivity index (χ2n) is 6.31. The zero-order chi connectivity index (χ0) is 7.40. The third-order valence-electron chi connectivity index (χ3n) is 6.87.